The molecular weight excluding hydrogens is 399 g/mol. The van der Waals surface area contributed by atoms with Gasteiger partial charge in [0.05, 0.1) is 24.5 Å². The third-order valence-electron chi connectivity index (χ3n) is 5.67. The van der Waals surface area contributed by atoms with Crippen LogP contribution in [0.15, 0.2) is 78.9 Å². The standard InChI is InChI=1S/C24H19FN2O4/c1-30-19-13-11-17(12-14-19)26-23(28)20-21(15-7-9-16(25)10-8-15)27(31-22(20)24(26)29)18-5-3-2-4-6-18/h2-14,20-22H,1H3/t20-,21-,22-/m1/s1. The molecule has 2 fully saturated rings. The van der Waals surface area contributed by atoms with Crippen molar-refractivity contribution in [1.82, 2.24) is 0 Å². The number of fused-ring (bicyclic) bond motifs is 1. The van der Waals surface area contributed by atoms with Gasteiger partial charge in [0.2, 0.25) is 5.91 Å². The van der Waals surface area contributed by atoms with Crippen LogP contribution in [0.25, 0.3) is 0 Å². The number of anilines is 2. The molecular formula is C24H19FN2O4. The van der Waals surface area contributed by atoms with Gasteiger partial charge >= 0.3 is 0 Å². The number of amides is 2. The molecule has 0 aliphatic carbocycles. The van der Waals surface area contributed by atoms with Gasteiger partial charge in [0.1, 0.15) is 17.5 Å². The molecule has 0 saturated carbocycles. The molecule has 3 aromatic carbocycles. The Hall–Kier alpha value is -3.71. The molecule has 2 aliphatic rings. The Kier molecular flexibility index (Phi) is 4.67. The number of ether oxygens (including phenoxy) is 1. The first-order valence-corrected chi connectivity index (χ1v) is 9.87. The van der Waals surface area contributed by atoms with Gasteiger partial charge < -0.3 is 4.74 Å². The SMILES string of the molecule is COc1ccc(N2C(=O)[C@@H]3[C@@H](c4ccc(F)cc4)N(c4ccccc4)O[C@H]3C2=O)cc1. The highest BCUT2D eigenvalue weighted by Gasteiger charge is 2.60. The second kappa shape index (κ2) is 7.52. The molecule has 5 rings (SSSR count). The lowest BCUT2D eigenvalue weighted by Crippen LogP contribution is -2.37. The van der Waals surface area contributed by atoms with Crippen LogP contribution in [0.2, 0.25) is 0 Å². The van der Waals surface area contributed by atoms with E-state index >= 15 is 0 Å². The summed E-state index contributed by atoms with van der Waals surface area (Å²) in [6.07, 6.45) is -0.968. The second-order valence-electron chi connectivity index (χ2n) is 7.42. The van der Waals surface area contributed by atoms with Crippen molar-refractivity contribution < 1.29 is 23.6 Å². The van der Waals surface area contributed by atoms with Gasteiger partial charge in [0.15, 0.2) is 6.10 Å². The lowest BCUT2D eigenvalue weighted by atomic mass is 9.90. The summed E-state index contributed by atoms with van der Waals surface area (Å²) >= 11 is 0. The van der Waals surface area contributed by atoms with Crippen LogP contribution in [0, 0.1) is 11.7 Å². The molecule has 31 heavy (non-hydrogen) atoms. The van der Waals surface area contributed by atoms with Crippen LogP contribution >= 0.6 is 0 Å². The first kappa shape index (κ1) is 19.3. The van der Waals surface area contributed by atoms with E-state index < -0.39 is 24.0 Å². The Labute approximate surface area is 178 Å². The summed E-state index contributed by atoms with van der Waals surface area (Å²) in [7, 11) is 1.55. The highest BCUT2D eigenvalue weighted by molar-refractivity contribution is 6.23. The van der Waals surface area contributed by atoms with Crippen molar-refractivity contribution in [3.63, 3.8) is 0 Å². The number of hydrogen-bond acceptors (Lipinski definition) is 5. The molecule has 0 N–H and O–H groups in total. The molecule has 2 amide bonds. The number of halogens is 1. The van der Waals surface area contributed by atoms with Crippen molar-refractivity contribution in [3.8, 4) is 5.75 Å². The molecule has 2 saturated heterocycles. The molecule has 0 aromatic heterocycles. The highest BCUT2D eigenvalue weighted by Crippen LogP contribution is 2.47. The minimum absolute atomic E-state index is 0.354. The van der Waals surface area contributed by atoms with Gasteiger partial charge in [-0.3, -0.25) is 14.4 Å². The van der Waals surface area contributed by atoms with Crippen molar-refractivity contribution in [2.45, 2.75) is 12.1 Å². The van der Waals surface area contributed by atoms with Crippen LogP contribution in [0.5, 0.6) is 5.75 Å². The van der Waals surface area contributed by atoms with Gasteiger partial charge in [-0.05, 0) is 54.1 Å². The first-order valence-electron chi connectivity index (χ1n) is 9.87. The predicted octanol–water partition coefficient (Wildman–Crippen LogP) is 3.89. The summed E-state index contributed by atoms with van der Waals surface area (Å²) in [5.74, 6) is -1.29. The molecule has 7 heteroatoms. The van der Waals surface area contributed by atoms with Crippen LogP contribution in [-0.4, -0.2) is 25.0 Å². The fraction of sp³-hybridized carbons (Fsp3) is 0.167. The lowest BCUT2D eigenvalue weighted by molar-refractivity contribution is -0.126. The monoisotopic (exact) mass is 418 g/mol. The number of benzene rings is 3. The van der Waals surface area contributed by atoms with Crippen LogP contribution in [0.1, 0.15) is 11.6 Å². The molecule has 3 atom stereocenters. The van der Waals surface area contributed by atoms with Gasteiger partial charge in [-0.1, -0.05) is 30.3 Å². The average molecular weight is 418 g/mol. The van der Waals surface area contributed by atoms with E-state index in [0.29, 0.717) is 22.7 Å². The minimum atomic E-state index is -0.968. The van der Waals surface area contributed by atoms with E-state index in [0.717, 1.165) is 4.90 Å². The van der Waals surface area contributed by atoms with Crippen LogP contribution < -0.4 is 14.7 Å². The average Bonchev–Trinajstić information content (AvgIpc) is 3.31. The number of hydroxylamine groups is 1. The van der Waals surface area contributed by atoms with E-state index in [9.17, 15) is 14.0 Å². The number of rotatable bonds is 4. The topological polar surface area (TPSA) is 59.1 Å². The van der Waals surface area contributed by atoms with E-state index in [4.69, 9.17) is 9.57 Å². The van der Waals surface area contributed by atoms with Gasteiger partial charge in [0, 0.05) is 0 Å². The normalized spacial score (nSPS) is 22.7. The van der Waals surface area contributed by atoms with E-state index in [1.807, 2.05) is 30.3 Å². The fourth-order valence-corrected chi connectivity index (χ4v) is 4.20. The Morgan fingerprint density at radius 3 is 2.16 bits per heavy atom. The first-order chi connectivity index (χ1) is 15.1. The van der Waals surface area contributed by atoms with E-state index in [2.05, 4.69) is 0 Å². The summed E-state index contributed by atoms with van der Waals surface area (Å²) in [5, 5.41) is 1.59. The maximum Gasteiger partial charge on any atom is 0.266 e. The number of methoxy groups -OCH3 is 1. The third kappa shape index (κ3) is 3.14. The molecule has 2 heterocycles. The van der Waals surface area contributed by atoms with Crippen molar-refractivity contribution in [3.05, 3.63) is 90.2 Å². The summed E-state index contributed by atoms with van der Waals surface area (Å²) in [6.45, 7) is 0. The van der Waals surface area contributed by atoms with Crippen LogP contribution in [0.4, 0.5) is 15.8 Å². The summed E-state index contributed by atoms with van der Waals surface area (Å²) in [4.78, 5) is 33.9. The number of nitrogens with zero attached hydrogens (tertiary/aromatic N) is 2. The molecule has 0 spiro atoms. The third-order valence-corrected chi connectivity index (χ3v) is 5.67. The number of imide groups is 1. The number of carbonyl (C=O) groups is 2. The second-order valence-corrected chi connectivity index (χ2v) is 7.42. The highest BCUT2D eigenvalue weighted by atomic mass is 19.1. The zero-order valence-electron chi connectivity index (χ0n) is 16.6. The van der Waals surface area contributed by atoms with Gasteiger partial charge in [0.25, 0.3) is 5.91 Å². The molecule has 0 unspecified atom stereocenters. The molecule has 0 bridgehead atoms. The minimum Gasteiger partial charge on any atom is -0.497 e. The van der Waals surface area contributed by atoms with E-state index in [1.54, 1.807) is 48.6 Å². The number of para-hydroxylation sites is 1. The Morgan fingerprint density at radius 1 is 0.839 bits per heavy atom. The smallest absolute Gasteiger partial charge is 0.266 e. The molecule has 3 aromatic rings. The summed E-state index contributed by atoms with van der Waals surface area (Å²) in [5.41, 5.74) is 1.86. The molecule has 156 valence electrons. The van der Waals surface area contributed by atoms with Crippen molar-refractivity contribution in [2.75, 3.05) is 17.1 Å². The number of carbonyl (C=O) groups excluding carboxylic acids is 2. The van der Waals surface area contributed by atoms with E-state index in [-0.39, 0.29) is 11.7 Å². The van der Waals surface area contributed by atoms with Crippen molar-refractivity contribution in [2.24, 2.45) is 5.92 Å². The zero-order valence-corrected chi connectivity index (χ0v) is 16.6. The van der Waals surface area contributed by atoms with Gasteiger partial charge in [-0.25, -0.2) is 14.4 Å². The molecule has 6 nitrogen and oxygen atoms in total. The number of hydrogen-bond donors (Lipinski definition) is 0. The molecule has 2 aliphatic heterocycles. The Morgan fingerprint density at radius 2 is 1.52 bits per heavy atom. The van der Waals surface area contributed by atoms with Gasteiger partial charge in [-0.15, -0.1) is 0 Å². The summed E-state index contributed by atoms with van der Waals surface area (Å²) < 4.78 is 18.7. The molecule has 0 radical (unpaired) electrons. The largest absolute Gasteiger partial charge is 0.497 e. The lowest BCUT2D eigenvalue weighted by Gasteiger charge is -2.28. The van der Waals surface area contributed by atoms with Crippen LogP contribution in [-0.2, 0) is 14.4 Å². The van der Waals surface area contributed by atoms with Crippen molar-refractivity contribution >= 4 is 23.2 Å². The summed E-state index contributed by atoms with van der Waals surface area (Å²) in [6, 6.07) is 21.3. The quantitative estimate of drug-likeness (QED) is 0.602. The maximum absolute atomic E-state index is 13.6. The maximum atomic E-state index is 13.6. The van der Waals surface area contributed by atoms with Crippen molar-refractivity contribution in [1.29, 1.82) is 0 Å². The Bertz CT molecular complexity index is 1120. The predicted molar refractivity (Wildman–Crippen MR) is 112 cm³/mol. The zero-order chi connectivity index (χ0) is 21.5. The Balaban J connectivity index is 1.56. The van der Waals surface area contributed by atoms with E-state index in [1.165, 1.54) is 12.1 Å². The van der Waals surface area contributed by atoms with Crippen LogP contribution in [0.3, 0.4) is 0 Å². The fourth-order valence-electron chi connectivity index (χ4n) is 4.20. The van der Waals surface area contributed by atoms with Gasteiger partial charge in [-0.2, -0.15) is 0 Å².